The van der Waals surface area contributed by atoms with Crippen LogP contribution < -0.4 is 15.4 Å². The SMILES string of the molecule is CC(C)Oc1ccccc1NC(=O)c1ccc(NCc2ccncc2)cn1. The summed E-state index contributed by atoms with van der Waals surface area (Å²) in [5.41, 5.74) is 2.92. The van der Waals surface area contributed by atoms with Crippen LogP contribution in [-0.2, 0) is 6.54 Å². The molecule has 0 saturated heterocycles. The van der Waals surface area contributed by atoms with Crippen LogP contribution in [0.15, 0.2) is 67.1 Å². The molecule has 0 spiro atoms. The van der Waals surface area contributed by atoms with Crippen LogP contribution in [0.5, 0.6) is 5.75 Å². The van der Waals surface area contributed by atoms with E-state index in [1.165, 1.54) is 0 Å². The van der Waals surface area contributed by atoms with Gasteiger partial charge < -0.3 is 15.4 Å². The molecule has 0 atom stereocenters. The normalized spacial score (nSPS) is 10.5. The molecule has 0 aliphatic rings. The highest BCUT2D eigenvalue weighted by Gasteiger charge is 2.11. The van der Waals surface area contributed by atoms with Gasteiger partial charge in [-0.3, -0.25) is 9.78 Å². The summed E-state index contributed by atoms with van der Waals surface area (Å²) in [6.45, 7) is 4.55. The summed E-state index contributed by atoms with van der Waals surface area (Å²) in [5.74, 6) is 0.354. The van der Waals surface area contributed by atoms with Gasteiger partial charge in [0.1, 0.15) is 11.4 Å². The van der Waals surface area contributed by atoms with Crippen molar-refractivity contribution in [3.63, 3.8) is 0 Å². The minimum Gasteiger partial charge on any atom is -0.489 e. The number of carbonyl (C=O) groups is 1. The first-order valence-electron chi connectivity index (χ1n) is 8.77. The number of carbonyl (C=O) groups excluding carboxylic acids is 1. The number of pyridine rings is 2. The highest BCUT2D eigenvalue weighted by Crippen LogP contribution is 2.25. The molecule has 0 aliphatic heterocycles. The third kappa shape index (κ3) is 5.28. The largest absolute Gasteiger partial charge is 0.489 e. The van der Waals surface area contributed by atoms with E-state index in [2.05, 4.69) is 20.6 Å². The third-order valence-corrected chi connectivity index (χ3v) is 3.74. The number of amides is 1. The van der Waals surface area contributed by atoms with Gasteiger partial charge in [-0.1, -0.05) is 12.1 Å². The Kier molecular flexibility index (Phi) is 5.99. The van der Waals surface area contributed by atoms with E-state index in [0.29, 0.717) is 23.7 Å². The molecule has 138 valence electrons. The Balaban J connectivity index is 1.62. The highest BCUT2D eigenvalue weighted by atomic mass is 16.5. The van der Waals surface area contributed by atoms with Crippen molar-refractivity contribution in [1.29, 1.82) is 0 Å². The van der Waals surface area contributed by atoms with Crippen LogP contribution in [-0.4, -0.2) is 22.0 Å². The van der Waals surface area contributed by atoms with Crippen LogP contribution >= 0.6 is 0 Å². The Hall–Kier alpha value is -3.41. The molecule has 1 amide bonds. The molecule has 6 heteroatoms. The van der Waals surface area contributed by atoms with Gasteiger partial charge >= 0.3 is 0 Å². The van der Waals surface area contributed by atoms with Crippen LogP contribution in [0.2, 0.25) is 0 Å². The van der Waals surface area contributed by atoms with Gasteiger partial charge in [0.2, 0.25) is 0 Å². The smallest absolute Gasteiger partial charge is 0.274 e. The summed E-state index contributed by atoms with van der Waals surface area (Å²) in [7, 11) is 0. The van der Waals surface area contributed by atoms with E-state index in [9.17, 15) is 4.79 Å². The summed E-state index contributed by atoms with van der Waals surface area (Å²) in [6.07, 6.45) is 5.17. The number of aromatic nitrogens is 2. The van der Waals surface area contributed by atoms with Crippen molar-refractivity contribution in [3.05, 3.63) is 78.4 Å². The van der Waals surface area contributed by atoms with E-state index in [0.717, 1.165) is 11.3 Å². The van der Waals surface area contributed by atoms with Gasteiger partial charge in [-0.15, -0.1) is 0 Å². The molecule has 1 aromatic carbocycles. The van der Waals surface area contributed by atoms with E-state index >= 15 is 0 Å². The highest BCUT2D eigenvalue weighted by molar-refractivity contribution is 6.03. The van der Waals surface area contributed by atoms with Crippen molar-refractivity contribution in [3.8, 4) is 5.75 Å². The number of nitrogens with one attached hydrogen (secondary N) is 2. The maximum absolute atomic E-state index is 12.5. The van der Waals surface area contributed by atoms with Gasteiger partial charge in [-0.2, -0.15) is 0 Å². The van der Waals surface area contributed by atoms with Crippen molar-refractivity contribution in [2.24, 2.45) is 0 Å². The molecule has 2 aromatic heterocycles. The topological polar surface area (TPSA) is 76.1 Å². The molecule has 0 unspecified atom stereocenters. The monoisotopic (exact) mass is 362 g/mol. The van der Waals surface area contributed by atoms with E-state index in [-0.39, 0.29) is 12.0 Å². The molecule has 2 N–H and O–H groups in total. The molecule has 6 nitrogen and oxygen atoms in total. The lowest BCUT2D eigenvalue weighted by Crippen LogP contribution is -2.15. The van der Waals surface area contributed by atoms with Gasteiger partial charge in [0.05, 0.1) is 23.7 Å². The lowest BCUT2D eigenvalue weighted by atomic mass is 10.2. The first-order valence-corrected chi connectivity index (χ1v) is 8.77. The van der Waals surface area contributed by atoms with Crippen LogP contribution in [0, 0.1) is 0 Å². The third-order valence-electron chi connectivity index (χ3n) is 3.74. The zero-order valence-corrected chi connectivity index (χ0v) is 15.3. The predicted octanol–water partition coefficient (Wildman–Crippen LogP) is 4.13. The molecule has 0 saturated carbocycles. The summed E-state index contributed by atoms with van der Waals surface area (Å²) < 4.78 is 5.73. The maximum atomic E-state index is 12.5. The van der Waals surface area contributed by atoms with Crippen LogP contribution in [0.4, 0.5) is 11.4 Å². The quantitative estimate of drug-likeness (QED) is 0.661. The molecule has 2 heterocycles. The van der Waals surface area contributed by atoms with Crippen LogP contribution in [0.1, 0.15) is 29.9 Å². The van der Waals surface area contributed by atoms with Gasteiger partial charge in [-0.25, -0.2) is 4.98 Å². The zero-order valence-electron chi connectivity index (χ0n) is 15.3. The number of hydrogen-bond donors (Lipinski definition) is 2. The molecular weight excluding hydrogens is 340 g/mol. The van der Waals surface area contributed by atoms with Gasteiger partial charge in [0.15, 0.2) is 0 Å². The number of nitrogens with zero attached hydrogens (tertiary/aromatic N) is 2. The minimum atomic E-state index is -0.282. The molecule has 0 bridgehead atoms. The van der Waals surface area contributed by atoms with Gasteiger partial charge in [0.25, 0.3) is 5.91 Å². The fourth-order valence-corrected chi connectivity index (χ4v) is 2.45. The summed E-state index contributed by atoms with van der Waals surface area (Å²) in [4.78, 5) is 20.7. The molecule has 0 radical (unpaired) electrons. The second-order valence-electron chi connectivity index (χ2n) is 6.26. The molecule has 0 fully saturated rings. The Morgan fingerprint density at radius 3 is 2.56 bits per heavy atom. The molecule has 3 aromatic rings. The number of rotatable bonds is 7. The minimum absolute atomic E-state index is 0.0203. The lowest BCUT2D eigenvalue weighted by molar-refractivity contribution is 0.102. The molecule has 0 aliphatic carbocycles. The Morgan fingerprint density at radius 1 is 1.07 bits per heavy atom. The first kappa shape index (κ1) is 18.4. The van der Waals surface area contributed by atoms with Crippen molar-refractivity contribution in [2.75, 3.05) is 10.6 Å². The Morgan fingerprint density at radius 2 is 1.85 bits per heavy atom. The fourth-order valence-electron chi connectivity index (χ4n) is 2.45. The van der Waals surface area contributed by atoms with Gasteiger partial charge in [0, 0.05) is 18.9 Å². The molecule has 3 rings (SSSR count). The Bertz CT molecular complexity index is 880. The van der Waals surface area contributed by atoms with Crippen molar-refractivity contribution < 1.29 is 9.53 Å². The second-order valence-corrected chi connectivity index (χ2v) is 6.26. The van der Waals surface area contributed by atoms with Crippen LogP contribution in [0.25, 0.3) is 0 Å². The average Bonchev–Trinajstić information content (AvgIpc) is 2.69. The maximum Gasteiger partial charge on any atom is 0.274 e. The van der Waals surface area contributed by atoms with Gasteiger partial charge in [-0.05, 0) is 55.8 Å². The van der Waals surface area contributed by atoms with Crippen molar-refractivity contribution in [1.82, 2.24) is 9.97 Å². The van der Waals surface area contributed by atoms with E-state index < -0.39 is 0 Å². The molecular formula is C21H22N4O2. The first-order chi connectivity index (χ1) is 13.1. The summed E-state index contributed by atoms with van der Waals surface area (Å²) in [6, 6.07) is 14.8. The van der Waals surface area contributed by atoms with Crippen LogP contribution in [0.3, 0.4) is 0 Å². The van der Waals surface area contributed by atoms with E-state index in [4.69, 9.17) is 4.74 Å². The number of anilines is 2. The standard InChI is InChI=1S/C21H22N4O2/c1-15(2)27-20-6-4-3-5-18(20)25-21(26)19-8-7-17(14-24-19)23-13-16-9-11-22-12-10-16/h3-12,14-15,23H,13H2,1-2H3,(H,25,26). The fraction of sp³-hybridized carbons (Fsp3) is 0.190. The molecule has 27 heavy (non-hydrogen) atoms. The summed E-state index contributed by atoms with van der Waals surface area (Å²) in [5, 5.41) is 6.12. The number of ether oxygens (including phenoxy) is 1. The van der Waals surface area contributed by atoms with E-state index in [1.807, 2.05) is 50.2 Å². The number of hydrogen-bond acceptors (Lipinski definition) is 5. The summed E-state index contributed by atoms with van der Waals surface area (Å²) >= 11 is 0. The zero-order chi connectivity index (χ0) is 19.1. The average molecular weight is 362 g/mol. The van der Waals surface area contributed by atoms with E-state index in [1.54, 1.807) is 30.7 Å². The predicted molar refractivity (Wildman–Crippen MR) is 106 cm³/mol. The second kappa shape index (κ2) is 8.80. The number of benzene rings is 1. The number of para-hydroxylation sites is 2. The lowest BCUT2D eigenvalue weighted by Gasteiger charge is -2.14. The van der Waals surface area contributed by atoms with Crippen molar-refractivity contribution >= 4 is 17.3 Å². The Labute approximate surface area is 158 Å². The van der Waals surface area contributed by atoms with Crippen molar-refractivity contribution in [2.45, 2.75) is 26.5 Å².